The molecular weight excluding hydrogens is 238 g/mol. The first-order valence-corrected chi connectivity index (χ1v) is 5.29. The highest BCUT2D eigenvalue weighted by Gasteiger charge is 1.97. The molecule has 0 amide bonds. The van der Waals surface area contributed by atoms with Gasteiger partial charge in [-0.1, -0.05) is 30.3 Å². The SMILES string of the molecule is Cl.OCCn1cc(NCc2ccccc2)cn1. The van der Waals surface area contributed by atoms with E-state index < -0.39 is 0 Å². The lowest BCUT2D eigenvalue weighted by molar-refractivity contribution is 0.269. The predicted molar refractivity (Wildman–Crippen MR) is 70.3 cm³/mol. The average Bonchev–Trinajstić information content (AvgIpc) is 2.76. The van der Waals surface area contributed by atoms with E-state index in [9.17, 15) is 0 Å². The van der Waals surface area contributed by atoms with Crippen molar-refractivity contribution in [1.29, 1.82) is 0 Å². The predicted octanol–water partition coefficient (Wildman–Crippen LogP) is 1.91. The monoisotopic (exact) mass is 253 g/mol. The molecule has 2 N–H and O–H groups in total. The molecule has 2 aromatic rings. The smallest absolute Gasteiger partial charge is 0.0729 e. The maximum atomic E-state index is 8.76. The summed E-state index contributed by atoms with van der Waals surface area (Å²) < 4.78 is 1.72. The molecule has 1 aromatic heterocycles. The summed E-state index contributed by atoms with van der Waals surface area (Å²) in [6.07, 6.45) is 3.65. The van der Waals surface area contributed by atoms with Crippen molar-refractivity contribution in [3.05, 3.63) is 48.3 Å². The summed E-state index contributed by atoms with van der Waals surface area (Å²) in [5.41, 5.74) is 2.20. The Balaban J connectivity index is 0.00000144. The first-order valence-electron chi connectivity index (χ1n) is 5.29. The Kier molecular flexibility index (Phi) is 5.52. The van der Waals surface area contributed by atoms with E-state index in [1.807, 2.05) is 24.4 Å². The van der Waals surface area contributed by atoms with E-state index in [1.54, 1.807) is 10.9 Å². The van der Waals surface area contributed by atoms with Crippen molar-refractivity contribution in [3.63, 3.8) is 0 Å². The third kappa shape index (κ3) is 4.09. The second-order valence-electron chi connectivity index (χ2n) is 3.55. The van der Waals surface area contributed by atoms with Gasteiger partial charge in [0.25, 0.3) is 0 Å². The number of halogens is 1. The highest BCUT2D eigenvalue weighted by Crippen LogP contribution is 2.07. The van der Waals surface area contributed by atoms with Crippen LogP contribution in [-0.2, 0) is 13.1 Å². The lowest BCUT2D eigenvalue weighted by Gasteiger charge is -2.02. The molecule has 0 aliphatic heterocycles. The number of aliphatic hydroxyl groups excluding tert-OH is 1. The summed E-state index contributed by atoms with van der Waals surface area (Å²) in [5.74, 6) is 0. The Bertz CT molecular complexity index is 430. The molecule has 17 heavy (non-hydrogen) atoms. The summed E-state index contributed by atoms with van der Waals surface area (Å²) in [6, 6.07) is 10.2. The third-order valence-corrected chi connectivity index (χ3v) is 2.30. The van der Waals surface area contributed by atoms with Gasteiger partial charge in [-0.2, -0.15) is 5.10 Å². The Morgan fingerprint density at radius 1 is 1.24 bits per heavy atom. The van der Waals surface area contributed by atoms with E-state index in [4.69, 9.17) is 5.11 Å². The number of nitrogens with one attached hydrogen (secondary N) is 1. The van der Waals surface area contributed by atoms with Crippen LogP contribution in [0.2, 0.25) is 0 Å². The highest BCUT2D eigenvalue weighted by atomic mass is 35.5. The molecule has 0 radical (unpaired) electrons. The largest absolute Gasteiger partial charge is 0.394 e. The Labute approximate surface area is 107 Å². The van der Waals surface area contributed by atoms with Crippen LogP contribution in [-0.4, -0.2) is 21.5 Å². The van der Waals surface area contributed by atoms with Gasteiger partial charge in [-0.05, 0) is 5.56 Å². The number of benzene rings is 1. The second-order valence-corrected chi connectivity index (χ2v) is 3.55. The Morgan fingerprint density at radius 3 is 2.71 bits per heavy atom. The van der Waals surface area contributed by atoms with Crippen molar-refractivity contribution >= 4 is 18.1 Å². The van der Waals surface area contributed by atoms with Gasteiger partial charge >= 0.3 is 0 Å². The van der Waals surface area contributed by atoms with Crippen molar-refractivity contribution in [2.24, 2.45) is 0 Å². The molecule has 1 heterocycles. The number of hydrogen-bond donors (Lipinski definition) is 2. The van der Waals surface area contributed by atoms with Gasteiger partial charge in [0.05, 0.1) is 25.0 Å². The molecule has 0 saturated heterocycles. The molecule has 0 atom stereocenters. The summed E-state index contributed by atoms with van der Waals surface area (Å²) >= 11 is 0. The van der Waals surface area contributed by atoms with E-state index >= 15 is 0 Å². The minimum atomic E-state index is 0. The number of rotatable bonds is 5. The van der Waals surface area contributed by atoms with Crippen molar-refractivity contribution in [1.82, 2.24) is 9.78 Å². The maximum absolute atomic E-state index is 8.76. The van der Waals surface area contributed by atoms with Crippen molar-refractivity contribution in [3.8, 4) is 0 Å². The van der Waals surface area contributed by atoms with Crippen LogP contribution in [0, 0.1) is 0 Å². The highest BCUT2D eigenvalue weighted by molar-refractivity contribution is 5.85. The van der Waals surface area contributed by atoms with Crippen LogP contribution in [0.25, 0.3) is 0 Å². The number of hydrogen-bond acceptors (Lipinski definition) is 3. The molecule has 1 aromatic carbocycles. The molecule has 0 fully saturated rings. The molecule has 0 spiro atoms. The lowest BCUT2D eigenvalue weighted by atomic mass is 10.2. The van der Waals surface area contributed by atoms with Crippen LogP contribution in [0.15, 0.2) is 42.7 Å². The van der Waals surface area contributed by atoms with Gasteiger partial charge < -0.3 is 10.4 Å². The second kappa shape index (κ2) is 6.93. The molecule has 0 saturated carbocycles. The van der Waals surface area contributed by atoms with Gasteiger partial charge in [-0.25, -0.2) is 0 Å². The molecule has 0 aliphatic carbocycles. The minimum Gasteiger partial charge on any atom is -0.394 e. The standard InChI is InChI=1S/C12H15N3O.ClH/c16-7-6-15-10-12(9-14-15)13-8-11-4-2-1-3-5-11;/h1-5,9-10,13,16H,6-8H2;1H. The van der Waals surface area contributed by atoms with Gasteiger partial charge in [0, 0.05) is 12.7 Å². The summed E-state index contributed by atoms with van der Waals surface area (Å²) in [4.78, 5) is 0. The Hall–Kier alpha value is -1.52. The van der Waals surface area contributed by atoms with Crippen LogP contribution in [0.5, 0.6) is 0 Å². The molecule has 2 rings (SSSR count). The van der Waals surface area contributed by atoms with Crippen LogP contribution < -0.4 is 5.32 Å². The van der Waals surface area contributed by atoms with Gasteiger partial charge in [-0.15, -0.1) is 12.4 Å². The van der Waals surface area contributed by atoms with Crippen molar-refractivity contribution in [2.45, 2.75) is 13.1 Å². The van der Waals surface area contributed by atoms with E-state index in [-0.39, 0.29) is 19.0 Å². The van der Waals surface area contributed by atoms with E-state index in [1.165, 1.54) is 5.56 Å². The zero-order valence-electron chi connectivity index (χ0n) is 9.41. The fourth-order valence-electron chi connectivity index (χ4n) is 1.48. The molecule has 4 nitrogen and oxygen atoms in total. The zero-order chi connectivity index (χ0) is 11.2. The topological polar surface area (TPSA) is 50.1 Å². The number of aliphatic hydroxyl groups is 1. The fraction of sp³-hybridized carbons (Fsp3) is 0.250. The maximum Gasteiger partial charge on any atom is 0.0729 e. The van der Waals surface area contributed by atoms with Crippen LogP contribution in [0.3, 0.4) is 0 Å². The summed E-state index contributed by atoms with van der Waals surface area (Å²) in [6.45, 7) is 1.43. The van der Waals surface area contributed by atoms with Crippen LogP contribution in [0.1, 0.15) is 5.56 Å². The van der Waals surface area contributed by atoms with Gasteiger partial charge in [0.15, 0.2) is 0 Å². The van der Waals surface area contributed by atoms with Gasteiger partial charge in [0.1, 0.15) is 0 Å². The van der Waals surface area contributed by atoms with Crippen molar-refractivity contribution < 1.29 is 5.11 Å². The van der Waals surface area contributed by atoms with Gasteiger partial charge in [0.2, 0.25) is 0 Å². The third-order valence-electron chi connectivity index (χ3n) is 2.30. The number of aromatic nitrogens is 2. The molecule has 5 heteroatoms. The minimum absolute atomic E-state index is 0. The van der Waals surface area contributed by atoms with Crippen LogP contribution in [0.4, 0.5) is 5.69 Å². The fourth-order valence-corrected chi connectivity index (χ4v) is 1.48. The van der Waals surface area contributed by atoms with Crippen LogP contribution >= 0.6 is 12.4 Å². The molecule has 0 unspecified atom stereocenters. The summed E-state index contributed by atoms with van der Waals surface area (Å²) in [7, 11) is 0. The molecule has 0 aliphatic rings. The van der Waals surface area contributed by atoms with E-state index in [2.05, 4.69) is 22.5 Å². The Morgan fingerprint density at radius 2 is 2.00 bits per heavy atom. The number of nitrogens with zero attached hydrogens (tertiary/aromatic N) is 2. The van der Waals surface area contributed by atoms with Crippen molar-refractivity contribution in [2.75, 3.05) is 11.9 Å². The zero-order valence-corrected chi connectivity index (χ0v) is 10.2. The molecule has 92 valence electrons. The first kappa shape index (κ1) is 13.5. The first-order chi connectivity index (χ1) is 7.88. The average molecular weight is 254 g/mol. The van der Waals surface area contributed by atoms with Gasteiger partial charge in [-0.3, -0.25) is 4.68 Å². The van der Waals surface area contributed by atoms with E-state index in [0.717, 1.165) is 12.2 Å². The molecule has 0 bridgehead atoms. The normalized spacial score (nSPS) is 9.71. The summed E-state index contributed by atoms with van der Waals surface area (Å²) in [5, 5.41) is 16.1. The number of anilines is 1. The van der Waals surface area contributed by atoms with E-state index in [0.29, 0.717) is 6.54 Å². The quantitative estimate of drug-likeness (QED) is 0.856. The molecular formula is C12H16ClN3O. The lowest BCUT2D eigenvalue weighted by Crippen LogP contribution is -2.02.